The van der Waals surface area contributed by atoms with Gasteiger partial charge in [-0.1, -0.05) is 11.6 Å². The van der Waals surface area contributed by atoms with Gasteiger partial charge in [-0.15, -0.1) is 0 Å². The highest BCUT2D eigenvalue weighted by Gasteiger charge is 2.29. The summed E-state index contributed by atoms with van der Waals surface area (Å²) in [6.07, 6.45) is 4.46. The molecule has 0 radical (unpaired) electrons. The summed E-state index contributed by atoms with van der Waals surface area (Å²) >= 11 is 8.08. The quantitative estimate of drug-likeness (QED) is 0.896. The Morgan fingerprint density at radius 1 is 1.42 bits per heavy atom. The average molecular weight is 293 g/mol. The first-order valence-corrected chi connectivity index (χ1v) is 7.95. The van der Waals surface area contributed by atoms with Gasteiger partial charge in [-0.05, 0) is 49.8 Å². The first kappa shape index (κ1) is 13.1. The molecule has 1 aliphatic rings. The van der Waals surface area contributed by atoms with Crippen molar-refractivity contribution in [3.05, 3.63) is 35.5 Å². The molecular weight excluding hydrogens is 276 g/mol. The van der Waals surface area contributed by atoms with Crippen molar-refractivity contribution in [3.63, 3.8) is 0 Å². The Balaban J connectivity index is 1.84. The zero-order chi connectivity index (χ0) is 13.3. The van der Waals surface area contributed by atoms with Crippen LogP contribution in [0.3, 0.4) is 0 Å². The van der Waals surface area contributed by atoms with E-state index in [2.05, 4.69) is 29.0 Å². The summed E-state index contributed by atoms with van der Waals surface area (Å²) in [5.41, 5.74) is 2.09. The smallest absolute Gasteiger partial charge is 0.0737 e. The van der Waals surface area contributed by atoms with E-state index < -0.39 is 0 Å². The van der Waals surface area contributed by atoms with Crippen LogP contribution in [0.2, 0.25) is 5.02 Å². The van der Waals surface area contributed by atoms with Gasteiger partial charge < -0.3 is 5.32 Å². The highest BCUT2D eigenvalue weighted by molar-refractivity contribution is 8.00. The molecule has 0 spiro atoms. The van der Waals surface area contributed by atoms with Crippen molar-refractivity contribution in [1.29, 1.82) is 0 Å². The van der Waals surface area contributed by atoms with Crippen molar-refractivity contribution in [2.24, 2.45) is 0 Å². The number of nitrogens with one attached hydrogen (secondary N) is 1. The number of aromatic nitrogens is 1. The van der Waals surface area contributed by atoms with Gasteiger partial charge in [-0.2, -0.15) is 11.8 Å². The summed E-state index contributed by atoms with van der Waals surface area (Å²) in [4.78, 5) is 4.37. The van der Waals surface area contributed by atoms with E-state index in [1.54, 1.807) is 0 Å². The van der Waals surface area contributed by atoms with Crippen molar-refractivity contribution in [2.75, 3.05) is 17.6 Å². The van der Waals surface area contributed by atoms with Crippen LogP contribution in [0.15, 0.2) is 30.5 Å². The average Bonchev–Trinajstić information content (AvgIpc) is 2.83. The SMILES string of the molecule is CC1(CNc2ccnc3cc(Cl)ccc23)CCCS1. The van der Waals surface area contributed by atoms with Gasteiger partial charge in [0.25, 0.3) is 0 Å². The molecule has 1 unspecified atom stereocenters. The molecule has 19 heavy (non-hydrogen) atoms. The lowest BCUT2D eigenvalue weighted by molar-refractivity contribution is 0.635. The third kappa shape index (κ3) is 2.82. The monoisotopic (exact) mass is 292 g/mol. The fourth-order valence-electron chi connectivity index (χ4n) is 2.53. The van der Waals surface area contributed by atoms with Gasteiger partial charge in [-0.25, -0.2) is 0 Å². The minimum Gasteiger partial charge on any atom is -0.383 e. The molecule has 1 atom stereocenters. The van der Waals surface area contributed by atoms with Gasteiger partial charge in [0.1, 0.15) is 0 Å². The zero-order valence-electron chi connectivity index (χ0n) is 10.9. The molecular formula is C15H17ClN2S. The highest BCUT2D eigenvalue weighted by Crippen LogP contribution is 2.38. The highest BCUT2D eigenvalue weighted by atomic mass is 35.5. The minimum atomic E-state index is 0.363. The van der Waals surface area contributed by atoms with E-state index in [4.69, 9.17) is 11.6 Å². The molecule has 2 aromatic rings. The number of hydrogen-bond donors (Lipinski definition) is 1. The Labute approximate surface area is 122 Å². The minimum absolute atomic E-state index is 0.363. The lowest BCUT2D eigenvalue weighted by atomic mass is 10.1. The first-order chi connectivity index (χ1) is 9.16. The standard InChI is InChI=1S/C15H17ClN2S/c1-15(6-2-8-19-15)10-18-13-5-7-17-14-9-11(16)3-4-12(13)14/h3-5,7,9H,2,6,8,10H2,1H3,(H,17,18). The second-order valence-corrected chi connectivity index (χ2v) is 7.39. The largest absolute Gasteiger partial charge is 0.383 e. The second kappa shape index (κ2) is 5.22. The van der Waals surface area contributed by atoms with Gasteiger partial charge >= 0.3 is 0 Å². The van der Waals surface area contributed by atoms with Gasteiger partial charge in [0, 0.05) is 33.6 Å². The summed E-state index contributed by atoms with van der Waals surface area (Å²) in [6, 6.07) is 7.91. The third-order valence-corrected chi connectivity index (χ3v) is 5.43. The third-order valence-electron chi connectivity index (χ3n) is 3.66. The second-order valence-electron chi connectivity index (χ2n) is 5.28. The lowest BCUT2D eigenvalue weighted by Gasteiger charge is -2.24. The molecule has 100 valence electrons. The number of nitrogens with zero attached hydrogens (tertiary/aromatic N) is 1. The molecule has 1 aliphatic heterocycles. The van der Waals surface area contributed by atoms with E-state index in [0.717, 1.165) is 28.2 Å². The summed E-state index contributed by atoms with van der Waals surface area (Å²) in [5.74, 6) is 1.28. The lowest BCUT2D eigenvalue weighted by Crippen LogP contribution is -2.27. The number of hydrogen-bond acceptors (Lipinski definition) is 3. The van der Waals surface area contributed by atoms with E-state index in [1.165, 1.54) is 18.6 Å². The van der Waals surface area contributed by atoms with Gasteiger partial charge in [0.2, 0.25) is 0 Å². The van der Waals surface area contributed by atoms with Crippen LogP contribution in [0.25, 0.3) is 10.9 Å². The summed E-state index contributed by atoms with van der Waals surface area (Å²) in [7, 11) is 0. The van der Waals surface area contributed by atoms with Crippen LogP contribution in [0, 0.1) is 0 Å². The molecule has 2 nitrogen and oxygen atoms in total. The van der Waals surface area contributed by atoms with Crippen molar-refractivity contribution < 1.29 is 0 Å². The van der Waals surface area contributed by atoms with Crippen LogP contribution in [0.4, 0.5) is 5.69 Å². The van der Waals surface area contributed by atoms with Crippen LogP contribution in [0.1, 0.15) is 19.8 Å². The molecule has 0 aliphatic carbocycles. The molecule has 0 saturated carbocycles. The van der Waals surface area contributed by atoms with E-state index in [1.807, 2.05) is 30.5 Å². The number of pyridine rings is 1. The predicted octanol–water partition coefficient (Wildman–Crippen LogP) is 4.59. The van der Waals surface area contributed by atoms with E-state index >= 15 is 0 Å². The number of halogens is 1. The maximum absolute atomic E-state index is 6.01. The summed E-state index contributed by atoms with van der Waals surface area (Å²) < 4.78 is 0.363. The Hall–Kier alpha value is -0.930. The van der Waals surface area contributed by atoms with E-state index in [9.17, 15) is 0 Å². The fraction of sp³-hybridized carbons (Fsp3) is 0.400. The van der Waals surface area contributed by atoms with Gasteiger partial charge in [0.15, 0.2) is 0 Å². The molecule has 4 heteroatoms. The van der Waals surface area contributed by atoms with Crippen molar-refractivity contribution in [3.8, 4) is 0 Å². The van der Waals surface area contributed by atoms with Gasteiger partial charge in [-0.3, -0.25) is 4.98 Å². The number of thioether (sulfide) groups is 1. The molecule has 0 bridgehead atoms. The van der Waals surface area contributed by atoms with E-state index in [-0.39, 0.29) is 0 Å². The molecule has 1 saturated heterocycles. The zero-order valence-corrected chi connectivity index (χ0v) is 12.5. The molecule has 1 aromatic carbocycles. The van der Waals surface area contributed by atoms with E-state index in [0.29, 0.717) is 4.75 Å². The molecule has 2 heterocycles. The predicted molar refractivity (Wildman–Crippen MR) is 85.3 cm³/mol. The van der Waals surface area contributed by atoms with Crippen LogP contribution in [0.5, 0.6) is 0 Å². The maximum Gasteiger partial charge on any atom is 0.0737 e. The molecule has 3 rings (SSSR count). The number of benzene rings is 1. The molecule has 0 amide bonds. The summed E-state index contributed by atoms with van der Waals surface area (Å²) in [6.45, 7) is 3.34. The van der Waals surface area contributed by atoms with Crippen molar-refractivity contribution in [1.82, 2.24) is 4.98 Å². The molecule has 1 aromatic heterocycles. The Kier molecular flexibility index (Phi) is 3.59. The number of rotatable bonds is 3. The van der Waals surface area contributed by atoms with Crippen LogP contribution < -0.4 is 5.32 Å². The van der Waals surface area contributed by atoms with Crippen LogP contribution >= 0.6 is 23.4 Å². The number of anilines is 1. The Morgan fingerprint density at radius 2 is 2.32 bits per heavy atom. The number of fused-ring (bicyclic) bond motifs is 1. The summed E-state index contributed by atoms with van der Waals surface area (Å²) in [5, 5.41) is 5.46. The fourth-order valence-corrected chi connectivity index (χ4v) is 3.94. The van der Waals surface area contributed by atoms with Crippen molar-refractivity contribution in [2.45, 2.75) is 24.5 Å². The Bertz CT molecular complexity index is 594. The van der Waals surface area contributed by atoms with Crippen LogP contribution in [-0.4, -0.2) is 22.0 Å². The Morgan fingerprint density at radius 3 is 3.11 bits per heavy atom. The topological polar surface area (TPSA) is 24.9 Å². The maximum atomic E-state index is 6.01. The normalized spacial score (nSPS) is 22.8. The van der Waals surface area contributed by atoms with Crippen LogP contribution in [-0.2, 0) is 0 Å². The molecule has 1 N–H and O–H groups in total. The molecule has 1 fully saturated rings. The van der Waals surface area contributed by atoms with Gasteiger partial charge in [0.05, 0.1) is 5.52 Å². The first-order valence-electron chi connectivity index (χ1n) is 6.58. The van der Waals surface area contributed by atoms with Crippen molar-refractivity contribution >= 4 is 40.0 Å².